The molecule has 1 aliphatic carbocycles. The summed E-state index contributed by atoms with van der Waals surface area (Å²) in [6, 6.07) is 14.6. The van der Waals surface area contributed by atoms with E-state index in [2.05, 4.69) is 12.2 Å². The lowest BCUT2D eigenvalue weighted by Crippen LogP contribution is -2.36. The topological polar surface area (TPSA) is 90.9 Å². The highest BCUT2D eigenvalue weighted by atomic mass is 32.2. The summed E-state index contributed by atoms with van der Waals surface area (Å²) in [4.78, 5) is 39.2. The van der Waals surface area contributed by atoms with Crippen LogP contribution in [0.4, 0.5) is 0 Å². The van der Waals surface area contributed by atoms with Gasteiger partial charge < -0.3 is 19.5 Å². The van der Waals surface area contributed by atoms with E-state index in [1.165, 1.54) is 7.11 Å². The number of hydrogen-bond acceptors (Lipinski definition) is 8. The van der Waals surface area contributed by atoms with E-state index in [1.807, 2.05) is 31.2 Å². The lowest BCUT2D eigenvalue weighted by Gasteiger charge is -2.37. The van der Waals surface area contributed by atoms with E-state index in [1.54, 1.807) is 43.1 Å². The summed E-state index contributed by atoms with van der Waals surface area (Å²) < 4.78 is 16.0. The number of benzene rings is 2. The van der Waals surface area contributed by atoms with Gasteiger partial charge in [-0.1, -0.05) is 37.3 Å². The van der Waals surface area contributed by atoms with E-state index in [0.29, 0.717) is 41.0 Å². The Morgan fingerprint density at radius 1 is 1.03 bits per heavy atom. The average molecular weight is 536 g/mol. The molecule has 7 nitrogen and oxygen atoms in total. The maximum atomic E-state index is 13.8. The summed E-state index contributed by atoms with van der Waals surface area (Å²) in [7, 11) is 2.96. The predicted octanol–water partition coefficient (Wildman–Crippen LogP) is 5.14. The van der Waals surface area contributed by atoms with Gasteiger partial charge in [0.15, 0.2) is 5.78 Å². The highest BCUT2D eigenvalue weighted by Crippen LogP contribution is 2.46. The van der Waals surface area contributed by atoms with Gasteiger partial charge in [0, 0.05) is 41.0 Å². The first kappa shape index (κ1) is 27.5. The van der Waals surface area contributed by atoms with Gasteiger partial charge in [0.1, 0.15) is 12.4 Å². The van der Waals surface area contributed by atoms with Gasteiger partial charge in [-0.2, -0.15) is 11.8 Å². The van der Waals surface area contributed by atoms with Crippen molar-refractivity contribution in [1.82, 2.24) is 5.32 Å². The molecule has 4 rings (SSSR count). The summed E-state index contributed by atoms with van der Waals surface area (Å²) in [6.45, 7) is 4.19. The smallest absolute Gasteiger partial charge is 0.337 e. The first-order valence-electron chi connectivity index (χ1n) is 12.7. The van der Waals surface area contributed by atoms with Gasteiger partial charge in [-0.3, -0.25) is 4.79 Å². The molecule has 1 N–H and O–H groups in total. The molecule has 0 aromatic heterocycles. The minimum absolute atomic E-state index is 0.0314. The Balaban J connectivity index is 1.74. The van der Waals surface area contributed by atoms with Gasteiger partial charge >= 0.3 is 11.9 Å². The fourth-order valence-electron chi connectivity index (χ4n) is 5.21. The third kappa shape index (κ3) is 5.65. The molecule has 0 saturated carbocycles. The minimum Gasteiger partial charge on any atom is -0.496 e. The van der Waals surface area contributed by atoms with Crippen LogP contribution in [0.15, 0.2) is 71.1 Å². The molecule has 0 fully saturated rings. The standard InChI is InChI=1S/C30H33NO6S/c1-5-38-15-14-37-30(34)26-18(2)31-23-16-21(22-8-6-7-9-25(22)35-3)17-24(32)28(23)27(26)19-10-12-20(13-11-19)29(33)36-4/h6-13,21,27,31H,5,14-17H2,1-4H3. The number of carbonyl (C=O) groups is 3. The molecule has 200 valence electrons. The van der Waals surface area contributed by atoms with Crippen molar-refractivity contribution in [3.63, 3.8) is 0 Å². The Morgan fingerprint density at radius 3 is 2.45 bits per heavy atom. The molecule has 8 heteroatoms. The fourth-order valence-corrected chi connectivity index (χ4v) is 5.70. The molecule has 2 aromatic rings. The van der Waals surface area contributed by atoms with Gasteiger partial charge in [-0.05, 0) is 48.4 Å². The zero-order chi connectivity index (χ0) is 27.2. The number of esters is 2. The maximum absolute atomic E-state index is 13.8. The zero-order valence-electron chi connectivity index (χ0n) is 22.2. The van der Waals surface area contributed by atoms with E-state index in [0.717, 1.165) is 28.3 Å². The van der Waals surface area contributed by atoms with Crippen LogP contribution in [0.2, 0.25) is 0 Å². The number of Topliss-reactive ketones (excluding diaryl/α,β-unsaturated/α-hetero) is 1. The molecule has 2 aromatic carbocycles. The molecular weight excluding hydrogens is 502 g/mol. The average Bonchev–Trinajstić information content (AvgIpc) is 2.94. The molecule has 0 saturated heterocycles. The number of rotatable bonds is 9. The fraction of sp³-hybridized carbons (Fsp3) is 0.367. The molecule has 0 bridgehead atoms. The first-order valence-corrected chi connectivity index (χ1v) is 13.8. The maximum Gasteiger partial charge on any atom is 0.337 e. The Kier molecular flexibility index (Phi) is 8.94. The van der Waals surface area contributed by atoms with Crippen molar-refractivity contribution in [2.45, 2.75) is 38.5 Å². The molecule has 0 amide bonds. The van der Waals surface area contributed by atoms with Gasteiger partial charge in [-0.15, -0.1) is 0 Å². The first-order chi connectivity index (χ1) is 18.4. The van der Waals surface area contributed by atoms with Crippen molar-refractivity contribution < 1.29 is 28.6 Å². The summed E-state index contributed by atoms with van der Waals surface area (Å²) >= 11 is 1.69. The number of hydrogen-bond donors (Lipinski definition) is 1. The number of thioether (sulfide) groups is 1. The van der Waals surface area contributed by atoms with Gasteiger partial charge in [0.05, 0.1) is 25.4 Å². The van der Waals surface area contributed by atoms with E-state index < -0.39 is 17.9 Å². The van der Waals surface area contributed by atoms with Gasteiger partial charge in [0.25, 0.3) is 0 Å². The second kappa shape index (κ2) is 12.3. The molecule has 2 aliphatic rings. The molecule has 2 atom stereocenters. The zero-order valence-corrected chi connectivity index (χ0v) is 23.0. The highest BCUT2D eigenvalue weighted by molar-refractivity contribution is 7.99. The lowest BCUT2D eigenvalue weighted by molar-refractivity contribution is -0.138. The van der Waals surface area contributed by atoms with Crippen LogP contribution in [-0.4, -0.2) is 50.1 Å². The van der Waals surface area contributed by atoms with Crippen molar-refractivity contribution in [2.75, 3.05) is 32.3 Å². The van der Waals surface area contributed by atoms with Crippen LogP contribution in [0, 0.1) is 0 Å². The SMILES string of the molecule is CCSCCOC(=O)C1=C(C)NC2=C(C(=O)CC(c3ccccc3OC)C2)C1c1ccc(C(=O)OC)cc1. The van der Waals surface area contributed by atoms with E-state index in [9.17, 15) is 14.4 Å². The van der Waals surface area contributed by atoms with Crippen LogP contribution in [0.1, 0.15) is 60.0 Å². The molecular formula is C30H33NO6S. The highest BCUT2D eigenvalue weighted by Gasteiger charge is 2.41. The second-order valence-electron chi connectivity index (χ2n) is 9.21. The second-order valence-corrected chi connectivity index (χ2v) is 10.6. The van der Waals surface area contributed by atoms with Crippen LogP contribution >= 0.6 is 11.8 Å². The van der Waals surface area contributed by atoms with Gasteiger partial charge in [0.2, 0.25) is 0 Å². The van der Waals surface area contributed by atoms with Crippen LogP contribution in [0.3, 0.4) is 0 Å². The van der Waals surface area contributed by atoms with Crippen molar-refractivity contribution in [3.05, 3.63) is 87.8 Å². The number of ketones is 1. The largest absolute Gasteiger partial charge is 0.496 e. The van der Waals surface area contributed by atoms with Crippen LogP contribution in [0.25, 0.3) is 0 Å². The predicted molar refractivity (Wildman–Crippen MR) is 147 cm³/mol. The number of ether oxygens (including phenoxy) is 3. The summed E-state index contributed by atoms with van der Waals surface area (Å²) in [5.41, 5.74) is 4.57. The molecule has 0 spiro atoms. The van der Waals surface area contributed by atoms with Gasteiger partial charge in [-0.25, -0.2) is 9.59 Å². The van der Waals surface area contributed by atoms with Crippen molar-refractivity contribution in [1.29, 1.82) is 0 Å². The number of nitrogens with one attached hydrogen (secondary N) is 1. The van der Waals surface area contributed by atoms with Crippen molar-refractivity contribution in [3.8, 4) is 5.75 Å². The molecule has 1 aliphatic heterocycles. The molecule has 1 heterocycles. The number of para-hydroxylation sites is 1. The lowest BCUT2D eigenvalue weighted by atomic mass is 9.71. The number of methoxy groups -OCH3 is 2. The third-order valence-electron chi connectivity index (χ3n) is 6.96. The van der Waals surface area contributed by atoms with Crippen molar-refractivity contribution in [2.24, 2.45) is 0 Å². The molecule has 0 radical (unpaired) electrons. The Bertz CT molecular complexity index is 1280. The molecule has 38 heavy (non-hydrogen) atoms. The quantitative estimate of drug-likeness (QED) is 0.349. The number of allylic oxidation sites excluding steroid dienone is 3. The van der Waals surface area contributed by atoms with Crippen molar-refractivity contribution >= 4 is 29.5 Å². The van der Waals surface area contributed by atoms with E-state index in [4.69, 9.17) is 14.2 Å². The van der Waals surface area contributed by atoms with Crippen LogP contribution in [0.5, 0.6) is 5.75 Å². The minimum atomic E-state index is -0.601. The normalized spacial score (nSPS) is 19.0. The number of dihydropyridines is 1. The van der Waals surface area contributed by atoms with Crippen LogP contribution < -0.4 is 10.1 Å². The Hall–Kier alpha value is -3.52. The molecule has 2 unspecified atom stereocenters. The third-order valence-corrected chi connectivity index (χ3v) is 7.82. The Morgan fingerprint density at radius 2 is 1.76 bits per heavy atom. The summed E-state index contributed by atoms with van der Waals surface area (Å²) in [6.07, 6.45) is 0.900. The van der Waals surface area contributed by atoms with E-state index in [-0.39, 0.29) is 18.3 Å². The number of carbonyl (C=O) groups excluding carboxylic acids is 3. The summed E-state index contributed by atoms with van der Waals surface area (Å²) in [5, 5.41) is 3.37. The van der Waals surface area contributed by atoms with Crippen LogP contribution in [-0.2, 0) is 19.1 Å². The monoisotopic (exact) mass is 535 g/mol. The summed E-state index contributed by atoms with van der Waals surface area (Å²) in [5.74, 6) is 0.810. The Labute approximate surface area is 227 Å². The van der Waals surface area contributed by atoms with E-state index >= 15 is 0 Å².